The number of nitrogens with two attached hydrogens (primary N) is 1. The molecule has 2 aromatic rings. The van der Waals surface area contributed by atoms with Crippen LogP contribution >= 0.6 is 0 Å². The van der Waals surface area contributed by atoms with Gasteiger partial charge in [-0.2, -0.15) is 0 Å². The molecule has 0 unspecified atom stereocenters. The molecule has 1 aromatic carbocycles. The van der Waals surface area contributed by atoms with Crippen molar-refractivity contribution < 1.29 is 9.18 Å². The molecule has 0 spiro atoms. The van der Waals surface area contributed by atoms with Gasteiger partial charge in [0, 0.05) is 31.0 Å². The molecule has 1 aromatic heterocycles. The topological polar surface area (TPSA) is 72.9 Å². The number of benzene rings is 1. The molecule has 0 radical (unpaired) electrons. The predicted molar refractivity (Wildman–Crippen MR) is 76.9 cm³/mol. The summed E-state index contributed by atoms with van der Waals surface area (Å²) in [7, 11) is 0. The van der Waals surface area contributed by atoms with Gasteiger partial charge in [-0.15, -0.1) is 0 Å². The summed E-state index contributed by atoms with van der Waals surface area (Å²) in [6, 6.07) is 4.16. The summed E-state index contributed by atoms with van der Waals surface area (Å²) in [4.78, 5) is 15.9. The molecule has 0 fully saturated rings. The van der Waals surface area contributed by atoms with Gasteiger partial charge < -0.3 is 15.6 Å². The highest BCUT2D eigenvalue weighted by atomic mass is 19.1. The SMILES string of the molecule is NCC#Cc1ccc(F)c(C(=O)NCCn2ccnc2)c1. The van der Waals surface area contributed by atoms with Gasteiger partial charge in [-0.05, 0) is 18.2 Å². The Labute approximate surface area is 122 Å². The average molecular weight is 286 g/mol. The van der Waals surface area contributed by atoms with E-state index in [4.69, 9.17) is 5.73 Å². The second-order valence-corrected chi connectivity index (χ2v) is 4.26. The Bertz CT molecular complexity index is 671. The fourth-order valence-electron chi connectivity index (χ4n) is 1.74. The number of carbonyl (C=O) groups is 1. The molecule has 1 amide bonds. The molecule has 0 aliphatic carbocycles. The zero-order valence-electron chi connectivity index (χ0n) is 11.3. The predicted octanol–water partition coefficient (Wildman–Crippen LogP) is 0.762. The van der Waals surface area contributed by atoms with Crippen LogP contribution in [0.4, 0.5) is 4.39 Å². The van der Waals surface area contributed by atoms with Crippen molar-refractivity contribution in [2.75, 3.05) is 13.1 Å². The van der Waals surface area contributed by atoms with Crippen LogP contribution in [0.25, 0.3) is 0 Å². The number of hydrogen-bond acceptors (Lipinski definition) is 3. The number of rotatable bonds is 4. The van der Waals surface area contributed by atoms with Crippen LogP contribution in [0, 0.1) is 17.7 Å². The summed E-state index contributed by atoms with van der Waals surface area (Å²) >= 11 is 0. The van der Waals surface area contributed by atoms with E-state index in [9.17, 15) is 9.18 Å². The van der Waals surface area contributed by atoms with Crippen LogP contribution < -0.4 is 11.1 Å². The smallest absolute Gasteiger partial charge is 0.254 e. The lowest BCUT2D eigenvalue weighted by Crippen LogP contribution is -2.27. The van der Waals surface area contributed by atoms with E-state index in [1.807, 2.05) is 4.57 Å². The lowest BCUT2D eigenvalue weighted by molar-refractivity contribution is 0.0948. The third-order valence-electron chi connectivity index (χ3n) is 2.76. The molecule has 108 valence electrons. The molecular formula is C15H15FN4O. The maximum atomic E-state index is 13.7. The van der Waals surface area contributed by atoms with E-state index >= 15 is 0 Å². The van der Waals surface area contributed by atoms with Crippen molar-refractivity contribution in [3.05, 3.63) is 53.9 Å². The normalized spacial score (nSPS) is 9.81. The lowest BCUT2D eigenvalue weighted by atomic mass is 10.1. The second kappa shape index (κ2) is 7.22. The van der Waals surface area contributed by atoms with Crippen LogP contribution in [0.1, 0.15) is 15.9 Å². The number of amides is 1. The Morgan fingerprint density at radius 2 is 2.33 bits per heavy atom. The summed E-state index contributed by atoms with van der Waals surface area (Å²) in [5.41, 5.74) is 5.82. The molecule has 0 bridgehead atoms. The Hall–Kier alpha value is -2.65. The van der Waals surface area contributed by atoms with E-state index in [0.29, 0.717) is 18.7 Å². The molecular weight excluding hydrogens is 271 g/mol. The van der Waals surface area contributed by atoms with E-state index in [1.54, 1.807) is 18.7 Å². The molecule has 6 heteroatoms. The summed E-state index contributed by atoms with van der Waals surface area (Å²) in [5, 5.41) is 2.66. The first-order valence-corrected chi connectivity index (χ1v) is 6.43. The van der Waals surface area contributed by atoms with Gasteiger partial charge in [0.2, 0.25) is 0 Å². The summed E-state index contributed by atoms with van der Waals surface area (Å²) in [5.74, 6) is 4.39. The summed E-state index contributed by atoms with van der Waals surface area (Å²) in [6.07, 6.45) is 5.09. The minimum atomic E-state index is -0.576. The molecule has 5 nitrogen and oxygen atoms in total. The van der Waals surface area contributed by atoms with Crippen LogP contribution in [-0.2, 0) is 6.54 Å². The van der Waals surface area contributed by atoms with Crippen molar-refractivity contribution >= 4 is 5.91 Å². The van der Waals surface area contributed by atoms with Gasteiger partial charge in [-0.1, -0.05) is 11.8 Å². The molecule has 1 heterocycles. The number of nitrogens with one attached hydrogen (secondary N) is 1. The number of imidazole rings is 1. The highest BCUT2D eigenvalue weighted by Gasteiger charge is 2.11. The van der Waals surface area contributed by atoms with Gasteiger partial charge in [0.25, 0.3) is 5.91 Å². The summed E-state index contributed by atoms with van der Waals surface area (Å²) < 4.78 is 15.5. The highest BCUT2D eigenvalue weighted by Crippen LogP contribution is 2.10. The van der Waals surface area contributed by atoms with Crippen LogP contribution in [-0.4, -0.2) is 28.5 Å². The van der Waals surface area contributed by atoms with Crippen LogP contribution in [0.3, 0.4) is 0 Å². The third kappa shape index (κ3) is 4.16. The first kappa shape index (κ1) is 14.8. The second-order valence-electron chi connectivity index (χ2n) is 4.26. The van der Waals surface area contributed by atoms with Crippen LogP contribution in [0.15, 0.2) is 36.9 Å². The van der Waals surface area contributed by atoms with Gasteiger partial charge in [-0.25, -0.2) is 9.37 Å². The lowest BCUT2D eigenvalue weighted by Gasteiger charge is -2.07. The van der Waals surface area contributed by atoms with Gasteiger partial charge >= 0.3 is 0 Å². The standard InChI is InChI=1S/C15H15FN4O/c16-14-4-3-12(2-1-5-17)10-13(14)15(21)19-7-9-20-8-6-18-11-20/h3-4,6,8,10-11H,5,7,9,17H2,(H,19,21). The maximum absolute atomic E-state index is 13.7. The molecule has 3 N–H and O–H groups in total. The van der Waals surface area contributed by atoms with Crippen LogP contribution in [0.5, 0.6) is 0 Å². The van der Waals surface area contributed by atoms with E-state index in [-0.39, 0.29) is 12.1 Å². The van der Waals surface area contributed by atoms with Gasteiger partial charge in [0.15, 0.2) is 0 Å². The minimum Gasteiger partial charge on any atom is -0.350 e. The van der Waals surface area contributed by atoms with Crippen molar-refractivity contribution in [1.29, 1.82) is 0 Å². The third-order valence-corrected chi connectivity index (χ3v) is 2.76. The zero-order chi connectivity index (χ0) is 15.1. The Morgan fingerprint density at radius 1 is 1.48 bits per heavy atom. The Kier molecular flexibility index (Phi) is 5.07. The number of hydrogen-bond donors (Lipinski definition) is 2. The highest BCUT2D eigenvalue weighted by molar-refractivity contribution is 5.94. The van der Waals surface area contributed by atoms with Crippen molar-refractivity contribution in [1.82, 2.24) is 14.9 Å². The minimum absolute atomic E-state index is 0.0237. The van der Waals surface area contributed by atoms with Crippen molar-refractivity contribution in [2.45, 2.75) is 6.54 Å². The molecule has 0 aliphatic heterocycles. The fourth-order valence-corrected chi connectivity index (χ4v) is 1.74. The van der Waals surface area contributed by atoms with Crippen molar-refractivity contribution in [3.63, 3.8) is 0 Å². The number of carbonyl (C=O) groups excluding carboxylic acids is 1. The van der Waals surface area contributed by atoms with Crippen LogP contribution in [0.2, 0.25) is 0 Å². The molecule has 21 heavy (non-hydrogen) atoms. The average Bonchev–Trinajstić information content (AvgIpc) is 2.99. The Balaban J connectivity index is 2.00. The van der Waals surface area contributed by atoms with Gasteiger partial charge in [0.1, 0.15) is 5.82 Å². The maximum Gasteiger partial charge on any atom is 0.254 e. The van der Waals surface area contributed by atoms with E-state index in [2.05, 4.69) is 22.1 Å². The molecule has 0 aliphatic rings. The first-order valence-electron chi connectivity index (χ1n) is 6.43. The number of halogens is 1. The Morgan fingerprint density at radius 3 is 3.05 bits per heavy atom. The fraction of sp³-hybridized carbons (Fsp3) is 0.200. The largest absolute Gasteiger partial charge is 0.350 e. The molecule has 0 saturated carbocycles. The number of nitrogens with zero attached hydrogens (tertiary/aromatic N) is 2. The van der Waals surface area contributed by atoms with E-state index in [0.717, 1.165) is 0 Å². The van der Waals surface area contributed by atoms with E-state index in [1.165, 1.54) is 18.2 Å². The molecule has 2 rings (SSSR count). The van der Waals surface area contributed by atoms with Crippen molar-refractivity contribution in [3.8, 4) is 11.8 Å². The number of aromatic nitrogens is 2. The summed E-state index contributed by atoms with van der Waals surface area (Å²) in [6.45, 7) is 1.16. The van der Waals surface area contributed by atoms with Gasteiger partial charge in [-0.3, -0.25) is 4.79 Å². The molecule has 0 saturated heterocycles. The quantitative estimate of drug-likeness (QED) is 0.815. The monoisotopic (exact) mass is 286 g/mol. The van der Waals surface area contributed by atoms with E-state index < -0.39 is 11.7 Å². The molecule has 0 atom stereocenters. The zero-order valence-corrected chi connectivity index (χ0v) is 11.3. The van der Waals surface area contributed by atoms with Crippen molar-refractivity contribution in [2.24, 2.45) is 5.73 Å². The van der Waals surface area contributed by atoms with Gasteiger partial charge in [0.05, 0.1) is 18.4 Å². The first-order chi connectivity index (χ1) is 10.2.